The van der Waals surface area contributed by atoms with Gasteiger partial charge in [0, 0.05) is 23.4 Å². The third kappa shape index (κ3) is 4.80. The summed E-state index contributed by atoms with van der Waals surface area (Å²) in [6.07, 6.45) is 2.33. The smallest absolute Gasteiger partial charge is 0.387 e. The van der Waals surface area contributed by atoms with Gasteiger partial charge in [0.05, 0.1) is 12.8 Å². The van der Waals surface area contributed by atoms with Crippen LogP contribution in [0.4, 0.5) is 8.78 Å². The predicted octanol–water partition coefficient (Wildman–Crippen LogP) is 3.37. The van der Waals surface area contributed by atoms with Crippen LogP contribution in [-0.4, -0.2) is 29.1 Å². The highest BCUT2D eigenvalue weighted by Crippen LogP contribution is 2.33. The van der Waals surface area contributed by atoms with E-state index in [0.717, 1.165) is 11.8 Å². The van der Waals surface area contributed by atoms with Crippen molar-refractivity contribution in [3.05, 3.63) is 75.8 Å². The first-order valence-corrected chi connectivity index (χ1v) is 8.84. The van der Waals surface area contributed by atoms with E-state index in [1.54, 1.807) is 31.2 Å². The summed E-state index contributed by atoms with van der Waals surface area (Å²) in [6, 6.07) is 11.0. The summed E-state index contributed by atoms with van der Waals surface area (Å²) < 4.78 is 41.4. The molecule has 7 nitrogen and oxygen atoms in total. The number of aryl methyl sites for hydroxylation is 1. The molecule has 0 aliphatic heterocycles. The summed E-state index contributed by atoms with van der Waals surface area (Å²) in [7, 11) is 1.32. The molecule has 3 rings (SSSR count). The van der Waals surface area contributed by atoms with Crippen molar-refractivity contribution in [1.29, 1.82) is 0 Å². The number of alkyl halides is 2. The van der Waals surface area contributed by atoms with E-state index >= 15 is 0 Å². The second-order valence-corrected chi connectivity index (χ2v) is 6.14. The minimum atomic E-state index is -3.05. The number of hydrogen-bond acceptors (Lipinski definition) is 6. The minimum Gasteiger partial charge on any atom is -0.493 e. The highest BCUT2D eigenvalue weighted by Gasteiger charge is 2.14. The molecule has 0 N–H and O–H groups in total. The summed E-state index contributed by atoms with van der Waals surface area (Å²) in [4.78, 5) is 28.6. The molecule has 0 spiro atoms. The van der Waals surface area contributed by atoms with Gasteiger partial charge in [-0.15, -0.1) is 0 Å². The molecule has 156 valence electrons. The molecule has 2 heterocycles. The molecule has 0 saturated heterocycles. The van der Waals surface area contributed by atoms with Crippen molar-refractivity contribution in [2.24, 2.45) is 0 Å². The van der Waals surface area contributed by atoms with Gasteiger partial charge in [-0.05, 0) is 31.2 Å². The first kappa shape index (κ1) is 21.0. The van der Waals surface area contributed by atoms with Crippen LogP contribution in [0.15, 0.2) is 53.3 Å². The Balaban J connectivity index is 1.73. The molecule has 3 aromatic rings. The van der Waals surface area contributed by atoms with Gasteiger partial charge in [-0.2, -0.15) is 8.78 Å². The second kappa shape index (κ2) is 9.17. The largest absolute Gasteiger partial charge is 0.493 e. The minimum absolute atomic E-state index is 0.0990. The van der Waals surface area contributed by atoms with Crippen molar-refractivity contribution in [1.82, 2.24) is 9.38 Å². The van der Waals surface area contributed by atoms with Gasteiger partial charge in [0.2, 0.25) is 0 Å². The summed E-state index contributed by atoms with van der Waals surface area (Å²) in [5.41, 5.74) is 1.38. The zero-order valence-electron chi connectivity index (χ0n) is 16.2. The van der Waals surface area contributed by atoms with Gasteiger partial charge < -0.3 is 14.2 Å². The lowest BCUT2D eigenvalue weighted by Gasteiger charge is -2.12. The van der Waals surface area contributed by atoms with Crippen LogP contribution in [-0.2, 0) is 16.1 Å². The highest BCUT2D eigenvalue weighted by atomic mass is 19.3. The zero-order valence-corrected chi connectivity index (χ0v) is 16.2. The Labute approximate surface area is 170 Å². The van der Waals surface area contributed by atoms with E-state index in [-0.39, 0.29) is 34.9 Å². The first-order chi connectivity index (χ1) is 14.4. The third-order valence-corrected chi connectivity index (χ3v) is 4.13. The molecule has 0 bridgehead atoms. The number of carbonyl (C=O) groups excluding carboxylic acids is 1. The van der Waals surface area contributed by atoms with Crippen molar-refractivity contribution in [2.45, 2.75) is 20.1 Å². The molecule has 9 heteroatoms. The van der Waals surface area contributed by atoms with Crippen LogP contribution in [0.5, 0.6) is 11.5 Å². The van der Waals surface area contributed by atoms with Crippen molar-refractivity contribution in [3.63, 3.8) is 0 Å². The molecular weight excluding hydrogens is 398 g/mol. The lowest BCUT2D eigenvalue weighted by atomic mass is 10.1. The van der Waals surface area contributed by atoms with Crippen molar-refractivity contribution in [3.8, 4) is 11.5 Å². The first-order valence-electron chi connectivity index (χ1n) is 8.84. The van der Waals surface area contributed by atoms with Crippen LogP contribution in [0.2, 0.25) is 0 Å². The molecule has 0 aliphatic carbocycles. The molecule has 30 heavy (non-hydrogen) atoms. The number of rotatable bonds is 7. The van der Waals surface area contributed by atoms with E-state index in [1.165, 1.54) is 35.8 Å². The van der Waals surface area contributed by atoms with Crippen molar-refractivity contribution >= 4 is 17.7 Å². The van der Waals surface area contributed by atoms with Crippen LogP contribution in [0.1, 0.15) is 17.0 Å². The van der Waals surface area contributed by atoms with Gasteiger partial charge in [0.1, 0.15) is 12.3 Å². The van der Waals surface area contributed by atoms with E-state index in [0.29, 0.717) is 5.65 Å². The van der Waals surface area contributed by atoms with Gasteiger partial charge in [-0.3, -0.25) is 9.20 Å². The summed E-state index contributed by atoms with van der Waals surface area (Å²) in [5.74, 6) is -0.840. The standard InChI is InChI=1S/C21H18F2N2O5/c1-13-5-3-8-17-24-15(11-18(26)25(13)17)12-29-19(27)10-9-14-6-4-7-16(28-2)20(14)30-21(22)23/h3-11,21H,12H2,1-2H3/b10-9+. The molecule has 2 aromatic heterocycles. The number of methoxy groups -OCH3 is 1. The number of fused-ring (bicyclic) bond motifs is 1. The number of benzene rings is 1. The van der Waals surface area contributed by atoms with E-state index < -0.39 is 12.6 Å². The normalized spacial score (nSPS) is 11.2. The maximum atomic E-state index is 12.7. The monoisotopic (exact) mass is 416 g/mol. The quantitative estimate of drug-likeness (QED) is 0.434. The number of aromatic nitrogens is 2. The van der Waals surface area contributed by atoms with Crippen LogP contribution in [0, 0.1) is 6.92 Å². The van der Waals surface area contributed by atoms with Gasteiger partial charge in [-0.25, -0.2) is 9.78 Å². The topological polar surface area (TPSA) is 79.1 Å². The zero-order chi connectivity index (χ0) is 21.7. The fourth-order valence-corrected chi connectivity index (χ4v) is 2.83. The van der Waals surface area contributed by atoms with Gasteiger partial charge >= 0.3 is 12.6 Å². The maximum absolute atomic E-state index is 12.7. The lowest BCUT2D eigenvalue weighted by Crippen LogP contribution is -2.18. The van der Waals surface area contributed by atoms with Gasteiger partial charge in [-0.1, -0.05) is 18.2 Å². The Kier molecular flexibility index (Phi) is 6.41. The van der Waals surface area contributed by atoms with E-state index in [4.69, 9.17) is 9.47 Å². The fraction of sp³-hybridized carbons (Fsp3) is 0.190. The predicted molar refractivity (Wildman–Crippen MR) is 105 cm³/mol. The van der Waals surface area contributed by atoms with Crippen LogP contribution in [0.3, 0.4) is 0 Å². The number of esters is 1. The number of nitrogens with zero attached hydrogens (tertiary/aromatic N) is 2. The Morgan fingerprint density at radius 3 is 2.73 bits per heavy atom. The van der Waals surface area contributed by atoms with E-state index in [1.807, 2.05) is 0 Å². The van der Waals surface area contributed by atoms with Crippen molar-refractivity contribution < 1.29 is 27.8 Å². The molecule has 0 fully saturated rings. The van der Waals surface area contributed by atoms with Gasteiger partial charge in [0.15, 0.2) is 11.5 Å². The molecule has 1 aromatic carbocycles. The molecule has 0 unspecified atom stereocenters. The average molecular weight is 416 g/mol. The highest BCUT2D eigenvalue weighted by molar-refractivity contribution is 5.87. The summed E-state index contributed by atoms with van der Waals surface area (Å²) in [6.45, 7) is -1.49. The number of halogens is 2. The SMILES string of the molecule is COc1cccc(/C=C/C(=O)OCc2cc(=O)n3c(C)cccc3n2)c1OC(F)F. The lowest BCUT2D eigenvalue weighted by molar-refractivity contribution is -0.139. The Morgan fingerprint density at radius 2 is 2.00 bits per heavy atom. The third-order valence-electron chi connectivity index (χ3n) is 4.13. The number of ether oxygens (including phenoxy) is 3. The van der Waals surface area contributed by atoms with Crippen LogP contribution < -0.4 is 15.0 Å². The van der Waals surface area contributed by atoms with Crippen LogP contribution in [0.25, 0.3) is 11.7 Å². The maximum Gasteiger partial charge on any atom is 0.387 e. The number of pyridine rings is 1. The van der Waals surface area contributed by atoms with Gasteiger partial charge in [0.25, 0.3) is 5.56 Å². The molecule has 0 saturated carbocycles. The molecule has 0 radical (unpaired) electrons. The summed E-state index contributed by atoms with van der Waals surface area (Å²) >= 11 is 0. The fourth-order valence-electron chi connectivity index (χ4n) is 2.83. The Hall–Kier alpha value is -3.75. The van der Waals surface area contributed by atoms with Crippen molar-refractivity contribution in [2.75, 3.05) is 7.11 Å². The Morgan fingerprint density at radius 1 is 1.23 bits per heavy atom. The van der Waals surface area contributed by atoms with E-state index in [9.17, 15) is 18.4 Å². The molecule has 0 aliphatic rings. The molecular formula is C21H18F2N2O5. The Bertz CT molecular complexity index is 1160. The van der Waals surface area contributed by atoms with E-state index in [2.05, 4.69) is 9.72 Å². The van der Waals surface area contributed by atoms with Crippen LogP contribution >= 0.6 is 0 Å². The molecule has 0 amide bonds. The average Bonchev–Trinajstić information content (AvgIpc) is 2.70. The number of carbonyl (C=O) groups is 1. The number of para-hydroxylation sites is 1. The summed E-state index contributed by atoms with van der Waals surface area (Å²) in [5, 5.41) is 0. The second-order valence-electron chi connectivity index (χ2n) is 6.14. The molecule has 0 atom stereocenters. The number of hydrogen-bond donors (Lipinski definition) is 0.